The third kappa shape index (κ3) is 2.69. The molecule has 27 heavy (non-hydrogen) atoms. The standard InChI is InChI=1S/C18H13BrN2O5S/c19-9-1-6-13-12(7-9)18(17(26)20-13)21(10-2-4-11(22)5-3-10)16(25)14(27-18)8-15(23)24/h1-7,14,22H,8H2,(H,20,26)(H,23,24)/t14-,18+/m1/s1. The Kier molecular flexibility index (Phi) is 4.15. The van der Waals surface area contributed by atoms with Gasteiger partial charge < -0.3 is 15.5 Å². The van der Waals surface area contributed by atoms with Crippen LogP contribution in [0.1, 0.15) is 12.0 Å². The van der Waals surface area contributed by atoms with Gasteiger partial charge in [0.2, 0.25) is 10.8 Å². The van der Waals surface area contributed by atoms with Crippen LogP contribution in [-0.4, -0.2) is 33.2 Å². The summed E-state index contributed by atoms with van der Waals surface area (Å²) in [7, 11) is 0. The smallest absolute Gasteiger partial charge is 0.305 e. The van der Waals surface area contributed by atoms with Crippen molar-refractivity contribution in [3.05, 3.63) is 52.5 Å². The summed E-state index contributed by atoms with van der Waals surface area (Å²) in [5, 5.41) is 20.6. The van der Waals surface area contributed by atoms with E-state index in [9.17, 15) is 24.6 Å². The zero-order chi connectivity index (χ0) is 19.3. The predicted octanol–water partition coefficient (Wildman–Crippen LogP) is 2.88. The first-order valence-electron chi connectivity index (χ1n) is 7.97. The van der Waals surface area contributed by atoms with Gasteiger partial charge in [-0.1, -0.05) is 15.9 Å². The Labute approximate surface area is 166 Å². The number of halogens is 1. The number of nitrogens with zero attached hydrogens (tertiary/aromatic N) is 1. The third-order valence-corrected chi connectivity index (χ3v) is 6.57. The Bertz CT molecular complexity index is 980. The molecule has 0 aliphatic carbocycles. The Hall–Kier alpha value is -2.52. The SMILES string of the molecule is O=C(O)C[C@H]1S[C@@]2(C(=O)Nc3ccc(Br)cc32)N(c2ccc(O)cc2)C1=O. The zero-order valence-corrected chi connectivity index (χ0v) is 16.1. The molecule has 138 valence electrons. The summed E-state index contributed by atoms with van der Waals surface area (Å²) in [6.07, 6.45) is -0.392. The second-order valence-electron chi connectivity index (χ2n) is 6.18. The second-order valence-corrected chi connectivity index (χ2v) is 8.49. The van der Waals surface area contributed by atoms with Gasteiger partial charge in [0.25, 0.3) is 5.91 Å². The molecule has 0 radical (unpaired) electrons. The molecule has 9 heteroatoms. The molecule has 1 fully saturated rings. The van der Waals surface area contributed by atoms with E-state index in [1.807, 2.05) is 0 Å². The van der Waals surface area contributed by atoms with Crippen molar-refractivity contribution in [3.8, 4) is 5.75 Å². The van der Waals surface area contributed by atoms with Gasteiger partial charge in [-0.3, -0.25) is 19.3 Å². The van der Waals surface area contributed by atoms with Crippen LogP contribution >= 0.6 is 27.7 Å². The number of anilines is 2. The van der Waals surface area contributed by atoms with Gasteiger partial charge in [0.15, 0.2) is 0 Å². The molecule has 0 saturated carbocycles. The number of benzene rings is 2. The number of phenols is 1. The summed E-state index contributed by atoms with van der Waals surface area (Å²) < 4.78 is 0.734. The predicted molar refractivity (Wildman–Crippen MR) is 104 cm³/mol. The number of fused-ring (bicyclic) bond motifs is 2. The van der Waals surface area contributed by atoms with Gasteiger partial charge in [-0.2, -0.15) is 0 Å². The van der Waals surface area contributed by atoms with Crippen molar-refractivity contribution in [2.45, 2.75) is 16.5 Å². The number of amides is 2. The quantitative estimate of drug-likeness (QED) is 0.666. The van der Waals surface area contributed by atoms with E-state index >= 15 is 0 Å². The Morgan fingerprint density at radius 1 is 1.22 bits per heavy atom. The fraction of sp³-hybridized carbons (Fsp3) is 0.167. The number of phenolic OH excluding ortho intramolecular Hbond substituents is 1. The molecule has 2 aliphatic heterocycles. The summed E-state index contributed by atoms with van der Waals surface area (Å²) in [5.74, 6) is -1.96. The summed E-state index contributed by atoms with van der Waals surface area (Å²) in [6.45, 7) is 0. The van der Waals surface area contributed by atoms with Crippen LogP contribution < -0.4 is 10.2 Å². The lowest BCUT2D eigenvalue weighted by Crippen LogP contribution is -2.47. The highest BCUT2D eigenvalue weighted by Gasteiger charge is 2.62. The Balaban J connectivity index is 1.92. The van der Waals surface area contributed by atoms with Gasteiger partial charge >= 0.3 is 5.97 Å². The number of carbonyl (C=O) groups is 3. The highest BCUT2D eigenvalue weighted by molar-refractivity contribution is 9.10. The van der Waals surface area contributed by atoms with Gasteiger partial charge in [0, 0.05) is 21.4 Å². The molecule has 1 spiro atoms. The zero-order valence-electron chi connectivity index (χ0n) is 13.7. The molecular formula is C18H13BrN2O5S. The van der Waals surface area contributed by atoms with E-state index in [2.05, 4.69) is 21.2 Å². The molecule has 2 aromatic rings. The number of aromatic hydroxyl groups is 1. The van der Waals surface area contributed by atoms with Gasteiger partial charge in [-0.05, 0) is 42.5 Å². The molecule has 0 bridgehead atoms. The first-order chi connectivity index (χ1) is 12.8. The van der Waals surface area contributed by atoms with Crippen LogP contribution in [0.5, 0.6) is 5.75 Å². The lowest BCUT2D eigenvalue weighted by atomic mass is 10.0. The lowest BCUT2D eigenvalue weighted by Gasteiger charge is -2.32. The molecule has 3 N–H and O–H groups in total. The molecule has 2 heterocycles. The normalized spacial score (nSPS) is 23.6. The molecule has 2 aromatic carbocycles. The Morgan fingerprint density at radius 2 is 1.93 bits per heavy atom. The molecule has 4 rings (SSSR count). The average molecular weight is 449 g/mol. The maximum Gasteiger partial charge on any atom is 0.305 e. The van der Waals surface area contributed by atoms with Crippen molar-refractivity contribution >= 4 is 56.9 Å². The van der Waals surface area contributed by atoms with Gasteiger partial charge in [-0.25, -0.2) is 0 Å². The maximum absolute atomic E-state index is 13.1. The number of thioether (sulfide) groups is 1. The summed E-state index contributed by atoms with van der Waals surface area (Å²) >= 11 is 4.42. The van der Waals surface area contributed by atoms with Crippen LogP contribution in [-0.2, 0) is 19.3 Å². The third-order valence-electron chi connectivity index (χ3n) is 4.49. The fourth-order valence-corrected chi connectivity index (χ4v) is 5.34. The molecular weight excluding hydrogens is 436 g/mol. The highest BCUT2D eigenvalue weighted by Crippen LogP contribution is 2.57. The Morgan fingerprint density at radius 3 is 2.59 bits per heavy atom. The van der Waals surface area contributed by atoms with Crippen LogP contribution in [0.2, 0.25) is 0 Å². The topological polar surface area (TPSA) is 107 Å². The van der Waals surface area contributed by atoms with Crippen molar-refractivity contribution in [3.63, 3.8) is 0 Å². The minimum atomic E-state index is -1.41. The van der Waals surface area contributed by atoms with Gasteiger partial charge in [0.1, 0.15) is 5.75 Å². The molecule has 0 unspecified atom stereocenters. The largest absolute Gasteiger partial charge is 0.508 e. The molecule has 7 nitrogen and oxygen atoms in total. The van der Waals surface area contributed by atoms with E-state index in [-0.39, 0.29) is 5.75 Å². The molecule has 1 saturated heterocycles. The molecule has 2 atom stereocenters. The van der Waals surface area contributed by atoms with Crippen LogP contribution in [0, 0.1) is 0 Å². The average Bonchev–Trinajstić information content (AvgIpc) is 3.04. The number of carboxylic acid groups (broad SMARTS) is 1. The van der Waals surface area contributed by atoms with Crippen LogP contribution in [0.4, 0.5) is 11.4 Å². The monoisotopic (exact) mass is 448 g/mol. The number of nitrogens with one attached hydrogen (secondary N) is 1. The molecule has 2 amide bonds. The molecule has 0 aromatic heterocycles. The maximum atomic E-state index is 13.1. The number of rotatable bonds is 3. The fourth-order valence-electron chi connectivity index (χ4n) is 3.38. The van der Waals surface area contributed by atoms with Gasteiger partial charge in [-0.15, -0.1) is 11.8 Å². The van der Waals surface area contributed by atoms with E-state index in [1.165, 1.54) is 29.2 Å². The number of hydrogen-bond acceptors (Lipinski definition) is 5. The van der Waals surface area contributed by atoms with E-state index in [4.69, 9.17) is 0 Å². The van der Waals surface area contributed by atoms with Crippen molar-refractivity contribution in [1.29, 1.82) is 0 Å². The summed E-state index contributed by atoms with van der Waals surface area (Å²) in [5.41, 5.74) is 1.56. The number of carbonyl (C=O) groups excluding carboxylic acids is 2. The summed E-state index contributed by atoms with van der Waals surface area (Å²) in [4.78, 5) is 37.3. The number of aliphatic carboxylic acids is 1. The highest BCUT2D eigenvalue weighted by atomic mass is 79.9. The van der Waals surface area contributed by atoms with E-state index < -0.39 is 34.3 Å². The van der Waals surface area contributed by atoms with E-state index in [1.54, 1.807) is 18.2 Å². The summed E-state index contributed by atoms with van der Waals surface area (Å²) in [6, 6.07) is 11.2. The number of carboxylic acids is 1. The van der Waals surface area contributed by atoms with Crippen molar-refractivity contribution < 1.29 is 24.6 Å². The second kappa shape index (κ2) is 6.28. The van der Waals surface area contributed by atoms with Crippen molar-refractivity contribution in [2.24, 2.45) is 0 Å². The van der Waals surface area contributed by atoms with E-state index in [0.29, 0.717) is 16.9 Å². The first kappa shape index (κ1) is 17.9. The van der Waals surface area contributed by atoms with Crippen LogP contribution in [0.15, 0.2) is 46.9 Å². The lowest BCUT2D eigenvalue weighted by molar-refractivity contribution is -0.138. The molecule has 2 aliphatic rings. The van der Waals surface area contributed by atoms with Crippen LogP contribution in [0.25, 0.3) is 0 Å². The first-order valence-corrected chi connectivity index (χ1v) is 9.64. The van der Waals surface area contributed by atoms with Crippen molar-refractivity contribution in [2.75, 3.05) is 10.2 Å². The van der Waals surface area contributed by atoms with E-state index in [0.717, 1.165) is 16.2 Å². The minimum Gasteiger partial charge on any atom is -0.508 e. The van der Waals surface area contributed by atoms with Gasteiger partial charge in [0.05, 0.1) is 11.7 Å². The minimum absolute atomic E-state index is 0.0215. The van der Waals surface area contributed by atoms with Crippen molar-refractivity contribution in [1.82, 2.24) is 0 Å². The number of hydrogen-bond donors (Lipinski definition) is 3. The van der Waals surface area contributed by atoms with Crippen LogP contribution in [0.3, 0.4) is 0 Å².